The number of anilines is 1. The maximum Gasteiger partial charge on any atom is 0.417 e. The SMILES string of the molecule is CC(C)(C)C(=O)CNC(=O)CCC(=O)Nc1ccc(Cl)c(C(F)(F)F)c1. The lowest BCUT2D eigenvalue weighted by Crippen LogP contribution is -2.35. The van der Waals surface area contributed by atoms with Gasteiger partial charge in [-0.3, -0.25) is 14.4 Å². The number of ketones is 1. The first-order valence-electron chi connectivity index (χ1n) is 7.77. The van der Waals surface area contributed by atoms with E-state index in [1.807, 2.05) is 0 Å². The fourth-order valence-electron chi connectivity index (χ4n) is 1.80. The van der Waals surface area contributed by atoms with Gasteiger partial charge in [0.05, 0.1) is 17.1 Å². The third kappa shape index (κ3) is 7.03. The smallest absolute Gasteiger partial charge is 0.349 e. The van der Waals surface area contributed by atoms with Crippen LogP contribution in [0, 0.1) is 5.41 Å². The Morgan fingerprint density at radius 2 is 1.62 bits per heavy atom. The Bertz CT molecular complexity index is 697. The second-order valence-corrected chi connectivity index (χ2v) is 7.10. The fourth-order valence-corrected chi connectivity index (χ4v) is 2.03. The highest BCUT2D eigenvalue weighted by molar-refractivity contribution is 6.31. The van der Waals surface area contributed by atoms with Crippen LogP contribution in [0.2, 0.25) is 5.02 Å². The van der Waals surface area contributed by atoms with Gasteiger partial charge in [-0.05, 0) is 18.2 Å². The minimum atomic E-state index is -4.64. The van der Waals surface area contributed by atoms with Crippen LogP contribution in [0.15, 0.2) is 18.2 Å². The molecule has 0 aliphatic rings. The molecule has 1 aromatic carbocycles. The average Bonchev–Trinajstić information content (AvgIpc) is 2.50. The predicted molar refractivity (Wildman–Crippen MR) is 91.8 cm³/mol. The van der Waals surface area contributed by atoms with Crippen molar-refractivity contribution < 1.29 is 27.6 Å². The topological polar surface area (TPSA) is 75.3 Å². The average molecular weight is 393 g/mol. The van der Waals surface area contributed by atoms with E-state index in [2.05, 4.69) is 10.6 Å². The maximum absolute atomic E-state index is 12.8. The molecule has 0 spiro atoms. The van der Waals surface area contributed by atoms with Gasteiger partial charge in [-0.15, -0.1) is 0 Å². The number of rotatable bonds is 6. The third-order valence-corrected chi connectivity index (χ3v) is 3.75. The fraction of sp³-hybridized carbons (Fsp3) is 0.471. The zero-order valence-electron chi connectivity index (χ0n) is 14.6. The molecule has 0 saturated carbocycles. The number of nitrogens with one attached hydrogen (secondary N) is 2. The summed E-state index contributed by atoms with van der Waals surface area (Å²) in [5.41, 5.74) is -1.72. The van der Waals surface area contributed by atoms with E-state index in [1.165, 1.54) is 6.07 Å². The Balaban J connectivity index is 2.53. The minimum Gasteiger partial charge on any atom is -0.349 e. The van der Waals surface area contributed by atoms with Crippen molar-refractivity contribution in [2.45, 2.75) is 39.8 Å². The number of carbonyl (C=O) groups is 3. The summed E-state index contributed by atoms with van der Waals surface area (Å²) in [7, 11) is 0. The number of amides is 2. The molecule has 0 aromatic heterocycles. The first-order chi connectivity index (χ1) is 11.8. The number of halogens is 4. The lowest BCUT2D eigenvalue weighted by molar-refractivity contribution is -0.137. The Morgan fingerprint density at radius 3 is 2.15 bits per heavy atom. The van der Waals surface area contributed by atoms with Gasteiger partial charge in [0.1, 0.15) is 0 Å². The molecule has 26 heavy (non-hydrogen) atoms. The zero-order valence-corrected chi connectivity index (χ0v) is 15.3. The Labute approximate surface area is 154 Å². The van der Waals surface area contributed by atoms with Crippen LogP contribution in [0.25, 0.3) is 0 Å². The van der Waals surface area contributed by atoms with E-state index in [1.54, 1.807) is 20.8 Å². The highest BCUT2D eigenvalue weighted by Gasteiger charge is 2.33. The Morgan fingerprint density at radius 1 is 1.04 bits per heavy atom. The van der Waals surface area contributed by atoms with Crippen LogP contribution in [-0.4, -0.2) is 24.1 Å². The summed E-state index contributed by atoms with van der Waals surface area (Å²) in [5.74, 6) is -1.28. The van der Waals surface area contributed by atoms with Gasteiger partial charge in [0.25, 0.3) is 0 Å². The third-order valence-electron chi connectivity index (χ3n) is 3.42. The van der Waals surface area contributed by atoms with E-state index in [4.69, 9.17) is 11.6 Å². The molecular weight excluding hydrogens is 373 g/mol. The quantitative estimate of drug-likeness (QED) is 0.773. The molecular formula is C17H20ClF3N2O3. The molecule has 2 N–H and O–H groups in total. The van der Waals surface area contributed by atoms with E-state index >= 15 is 0 Å². The summed E-state index contributed by atoms with van der Waals surface area (Å²) in [6.07, 6.45) is -5.07. The van der Waals surface area contributed by atoms with Crippen LogP contribution in [-0.2, 0) is 20.6 Å². The van der Waals surface area contributed by atoms with Crippen molar-refractivity contribution in [1.82, 2.24) is 5.32 Å². The monoisotopic (exact) mass is 392 g/mol. The normalized spacial score (nSPS) is 11.8. The summed E-state index contributed by atoms with van der Waals surface area (Å²) in [6, 6.07) is 2.99. The molecule has 0 atom stereocenters. The van der Waals surface area contributed by atoms with Gasteiger partial charge in [0.2, 0.25) is 11.8 Å². The number of hydrogen-bond acceptors (Lipinski definition) is 3. The van der Waals surface area contributed by atoms with Gasteiger partial charge in [0.15, 0.2) is 5.78 Å². The minimum absolute atomic E-state index is 0.0740. The lowest BCUT2D eigenvalue weighted by Gasteiger charge is -2.16. The van der Waals surface area contributed by atoms with Gasteiger partial charge in [-0.25, -0.2) is 0 Å². The second-order valence-electron chi connectivity index (χ2n) is 6.69. The van der Waals surface area contributed by atoms with E-state index in [0.717, 1.165) is 12.1 Å². The van der Waals surface area contributed by atoms with Crippen LogP contribution in [0.3, 0.4) is 0 Å². The highest BCUT2D eigenvalue weighted by atomic mass is 35.5. The Kier molecular flexibility index (Phi) is 7.20. The first kappa shape index (κ1) is 22.0. The number of carbonyl (C=O) groups excluding carboxylic acids is 3. The summed E-state index contributed by atoms with van der Waals surface area (Å²) < 4.78 is 38.3. The Hall–Kier alpha value is -2.09. The standard InChI is InChI=1S/C17H20ClF3N2O3/c1-16(2,3)13(24)9-22-14(25)6-7-15(26)23-10-4-5-12(18)11(8-10)17(19,20)21/h4-5,8H,6-7,9H2,1-3H3,(H,22,25)(H,23,26). The molecule has 9 heteroatoms. The van der Waals surface area contributed by atoms with Gasteiger partial charge in [0, 0.05) is 23.9 Å². The highest BCUT2D eigenvalue weighted by Crippen LogP contribution is 2.36. The molecule has 0 radical (unpaired) electrons. The van der Waals surface area contributed by atoms with Crippen LogP contribution in [0.1, 0.15) is 39.2 Å². The molecule has 0 bridgehead atoms. The molecule has 1 aromatic rings. The molecule has 0 saturated heterocycles. The summed E-state index contributed by atoms with van der Waals surface area (Å²) in [6.45, 7) is 5.01. The lowest BCUT2D eigenvalue weighted by atomic mass is 9.91. The van der Waals surface area contributed by atoms with Crippen molar-refractivity contribution in [3.63, 3.8) is 0 Å². The molecule has 5 nitrogen and oxygen atoms in total. The number of alkyl halides is 3. The summed E-state index contributed by atoms with van der Waals surface area (Å²) in [4.78, 5) is 35.1. The molecule has 0 heterocycles. The molecule has 1 rings (SSSR count). The predicted octanol–water partition coefficient (Wildman–Crippen LogP) is 3.81. The number of hydrogen-bond donors (Lipinski definition) is 2. The summed E-state index contributed by atoms with van der Waals surface area (Å²) in [5, 5.41) is 4.22. The molecule has 0 unspecified atom stereocenters. The van der Waals surface area contributed by atoms with Gasteiger partial charge >= 0.3 is 6.18 Å². The van der Waals surface area contributed by atoms with E-state index in [-0.39, 0.29) is 30.9 Å². The largest absolute Gasteiger partial charge is 0.417 e. The van der Waals surface area contributed by atoms with Gasteiger partial charge < -0.3 is 10.6 Å². The van der Waals surface area contributed by atoms with Crippen molar-refractivity contribution in [2.75, 3.05) is 11.9 Å². The van der Waals surface area contributed by atoms with Gasteiger partial charge in [-0.1, -0.05) is 32.4 Å². The first-order valence-corrected chi connectivity index (χ1v) is 8.15. The van der Waals surface area contributed by atoms with Crippen molar-refractivity contribution in [3.05, 3.63) is 28.8 Å². The molecule has 2 amide bonds. The van der Waals surface area contributed by atoms with E-state index < -0.39 is 34.0 Å². The molecule has 0 aliphatic heterocycles. The van der Waals surface area contributed by atoms with Crippen molar-refractivity contribution in [1.29, 1.82) is 0 Å². The van der Waals surface area contributed by atoms with Crippen LogP contribution < -0.4 is 10.6 Å². The van der Waals surface area contributed by atoms with E-state index in [0.29, 0.717) is 0 Å². The van der Waals surface area contributed by atoms with Crippen LogP contribution >= 0.6 is 11.6 Å². The van der Waals surface area contributed by atoms with Gasteiger partial charge in [-0.2, -0.15) is 13.2 Å². The van der Waals surface area contributed by atoms with Crippen molar-refractivity contribution in [2.24, 2.45) is 5.41 Å². The van der Waals surface area contributed by atoms with Crippen molar-refractivity contribution >= 4 is 34.9 Å². The zero-order chi connectivity index (χ0) is 20.1. The molecule has 0 aliphatic carbocycles. The van der Waals surface area contributed by atoms with Crippen LogP contribution in [0.5, 0.6) is 0 Å². The van der Waals surface area contributed by atoms with Crippen molar-refractivity contribution in [3.8, 4) is 0 Å². The number of benzene rings is 1. The molecule has 0 fully saturated rings. The maximum atomic E-state index is 12.8. The van der Waals surface area contributed by atoms with Crippen LogP contribution in [0.4, 0.5) is 18.9 Å². The molecule has 144 valence electrons. The number of Topliss-reactive ketones (excluding diaryl/α,β-unsaturated/α-hetero) is 1. The van der Waals surface area contributed by atoms with E-state index in [9.17, 15) is 27.6 Å². The second kappa shape index (κ2) is 8.53. The summed E-state index contributed by atoms with van der Waals surface area (Å²) >= 11 is 5.50.